The number of carbonyl (C=O) groups is 1. The lowest BCUT2D eigenvalue weighted by Crippen LogP contribution is -2.30. The van der Waals surface area contributed by atoms with Crippen LogP contribution in [0.3, 0.4) is 0 Å². The fourth-order valence-electron chi connectivity index (χ4n) is 1.71. The molecule has 20 heavy (non-hydrogen) atoms. The molecule has 0 saturated carbocycles. The monoisotopic (exact) mass is 289 g/mol. The number of anilines is 1. The van der Waals surface area contributed by atoms with E-state index in [2.05, 4.69) is 29.5 Å². The van der Waals surface area contributed by atoms with Crippen LogP contribution in [0.4, 0.5) is 5.13 Å². The van der Waals surface area contributed by atoms with E-state index in [1.807, 2.05) is 35.7 Å². The minimum atomic E-state index is -0.0559. The molecule has 1 amide bonds. The fourth-order valence-corrected chi connectivity index (χ4v) is 2.45. The van der Waals surface area contributed by atoms with Gasteiger partial charge in [-0.2, -0.15) is 0 Å². The third-order valence-corrected chi connectivity index (χ3v) is 3.42. The molecule has 4 nitrogen and oxygen atoms in total. The topological polar surface area (TPSA) is 54.0 Å². The third-order valence-electron chi connectivity index (χ3n) is 2.66. The summed E-state index contributed by atoms with van der Waals surface area (Å²) in [5.41, 5.74) is 1.95. The summed E-state index contributed by atoms with van der Waals surface area (Å²) < 4.78 is 0. The number of hydrogen-bond acceptors (Lipinski definition) is 4. The molecule has 0 aliphatic heterocycles. The molecule has 2 rings (SSSR count). The molecule has 0 aliphatic rings. The first-order chi connectivity index (χ1) is 9.65. The molecule has 0 fully saturated rings. The van der Waals surface area contributed by atoms with E-state index in [-0.39, 0.29) is 5.91 Å². The highest BCUT2D eigenvalue weighted by Gasteiger charge is 2.07. The van der Waals surface area contributed by atoms with Gasteiger partial charge < -0.3 is 10.6 Å². The molecule has 0 atom stereocenters. The zero-order valence-electron chi connectivity index (χ0n) is 11.7. The zero-order valence-corrected chi connectivity index (χ0v) is 12.5. The molecule has 0 saturated heterocycles. The van der Waals surface area contributed by atoms with Crippen molar-refractivity contribution in [3.63, 3.8) is 0 Å². The van der Waals surface area contributed by atoms with Gasteiger partial charge in [0.15, 0.2) is 5.13 Å². The number of amides is 1. The Labute approximate surface area is 123 Å². The number of nitrogens with zero attached hydrogens (tertiary/aromatic N) is 1. The van der Waals surface area contributed by atoms with Crippen LogP contribution in [0.25, 0.3) is 11.3 Å². The van der Waals surface area contributed by atoms with Crippen LogP contribution in [0.1, 0.15) is 13.8 Å². The van der Waals surface area contributed by atoms with Crippen LogP contribution in [-0.4, -0.2) is 24.0 Å². The average Bonchev–Trinajstić information content (AvgIpc) is 2.88. The van der Waals surface area contributed by atoms with Gasteiger partial charge in [-0.3, -0.25) is 4.79 Å². The molecule has 0 unspecified atom stereocenters. The standard InChI is InChI=1S/C15H19N3OS/c1-11(2)8-16-9-14(19)18-15-17-13(10-20-15)12-6-4-3-5-7-12/h3-7,10-11,16H,8-9H2,1-2H3,(H,17,18,19). The summed E-state index contributed by atoms with van der Waals surface area (Å²) in [6.07, 6.45) is 0. The minimum absolute atomic E-state index is 0.0559. The van der Waals surface area contributed by atoms with Gasteiger partial charge in [0.05, 0.1) is 12.2 Å². The second kappa shape index (κ2) is 7.17. The predicted octanol–water partition coefficient (Wildman–Crippen LogP) is 2.99. The summed E-state index contributed by atoms with van der Waals surface area (Å²) in [5, 5.41) is 8.51. The number of nitrogens with one attached hydrogen (secondary N) is 2. The van der Waals surface area contributed by atoms with Crippen molar-refractivity contribution in [2.24, 2.45) is 5.92 Å². The Hall–Kier alpha value is -1.72. The number of rotatable bonds is 6. The summed E-state index contributed by atoms with van der Waals surface area (Å²) in [5.74, 6) is 0.479. The Morgan fingerprint density at radius 1 is 1.30 bits per heavy atom. The van der Waals surface area contributed by atoms with Crippen LogP contribution >= 0.6 is 11.3 Å². The molecule has 2 N–H and O–H groups in total. The predicted molar refractivity (Wildman–Crippen MR) is 83.9 cm³/mol. The van der Waals surface area contributed by atoms with Crippen molar-refractivity contribution in [3.8, 4) is 11.3 Å². The summed E-state index contributed by atoms with van der Waals surface area (Å²) >= 11 is 1.44. The highest BCUT2D eigenvalue weighted by atomic mass is 32.1. The van der Waals surface area contributed by atoms with Crippen LogP contribution in [0.5, 0.6) is 0 Å². The lowest BCUT2D eigenvalue weighted by molar-refractivity contribution is -0.115. The van der Waals surface area contributed by atoms with E-state index >= 15 is 0 Å². The maximum Gasteiger partial charge on any atom is 0.240 e. The van der Waals surface area contributed by atoms with E-state index in [0.717, 1.165) is 17.8 Å². The molecular weight excluding hydrogens is 270 g/mol. The van der Waals surface area contributed by atoms with E-state index in [1.54, 1.807) is 0 Å². The number of carbonyl (C=O) groups excluding carboxylic acids is 1. The summed E-state index contributed by atoms with van der Waals surface area (Å²) in [7, 11) is 0. The molecule has 0 radical (unpaired) electrons. The average molecular weight is 289 g/mol. The SMILES string of the molecule is CC(C)CNCC(=O)Nc1nc(-c2ccccc2)cs1. The van der Waals surface area contributed by atoms with Gasteiger partial charge in [0, 0.05) is 10.9 Å². The zero-order chi connectivity index (χ0) is 14.4. The molecule has 1 aromatic carbocycles. The molecule has 1 heterocycles. The highest BCUT2D eigenvalue weighted by molar-refractivity contribution is 7.14. The van der Waals surface area contributed by atoms with Crippen molar-refractivity contribution in [1.29, 1.82) is 0 Å². The van der Waals surface area contributed by atoms with Crippen LogP contribution < -0.4 is 10.6 Å². The van der Waals surface area contributed by atoms with Crippen molar-refractivity contribution < 1.29 is 4.79 Å². The first kappa shape index (κ1) is 14.7. The molecule has 2 aromatic rings. The van der Waals surface area contributed by atoms with Crippen LogP contribution in [-0.2, 0) is 4.79 Å². The van der Waals surface area contributed by atoms with Crippen molar-refractivity contribution in [3.05, 3.63) is 35.7 Å². The van der Waals surface area contributed by atoms with Crippen molar-refractivity contribution >= 4 is 22.4 Å². The largest absolute Gasteiger partial charge is 0.308 e. The molecule has 0 spiro atoms. The first-order valence-electron chi connectivity index (χ1n) is 6.66. The number of thiazole rings is 1. The Morgan fingerprint density at radius 3 is 2.75 bits per heavy atom. The summed E-state index contributed by atoms with van der Waals surface area (Å²) in [4.78, 5) is 16.2. The molecule has 5 heteroatoms. The van der Waals surface area contributed by atoms with E-state index in [0.29, 0.717) is 17.6 Å². The molecule has 1 aromatic heterocycles. The molecule has 0 bridgehead atoms. The number of aromatic nitrogens is 1. The van der Waals surface area contributed by atoms with Gasteiger partial charge in [0.25, 0.3) is 0 Å². The van der Waals surface area contributed by atoms with Gasteiger partial charge in [-0.1, -0.05) is 44.2 Å². The maximum absolute atomic E-state index is 11.7. The second-order valence-corrected chi connectivity index (χ2v) is 5.83. The van der Waals surface area contributed by atoms with E-state index < -0.39 is 0 Å². The van der Waals surface area contributed by atoms with Gasteiger partial charge in [-0.15, -0.1) is 11.3 Å². The van der Waals surface area contributed by atoms with Gasteiger partial charge >= 0.3 is 0 Å². The van der Waals surface area contributed by atoms with Gasteiger partial charge in [-0.05, 0) is 12.5 Å². The Balaban J connectivity index is 1.88. The van der Waals surface area contributed by atoms with Gasteiger partial charge in [-0.25, -0.2) is 4.98 Å². The maximum atomic E-state index is 11.7. The lowest BCUT2D eigenvalue weighted by Gasteiger charge is -2.06. The first-order valence-corrected chi connectivity index (χ1v) is 7.54. The Bertz CT molecular complexity index is 551. The fraction of sp³-hybridized carbons (Fsp3) is 0.333. The van der Waals surface area contributed by atoms with E-state index in [4.69, 9.17) is 0 Å². The second-order valence-electron chi connectivity index (χ2n) is 4.98. The smallest absolute Gasteiger partial charge is 0.240 e. The molecule has 0 aliphatic carbocycles. The summed E-state index contributed by atoms with van der Waals surface area (Å²) in [6, 6.07) is 9.93. The Morgan fingerprint density at radius 2 is 2.05 bits per heavy atom. The number of benzene rings is 1. The summed E-state index contributed by atoms with van der Waals surface area (Å²) in [6.45, 7) is 5.37. The van der Waals surface area contributed by atoms with Crippen molar-refractivity contribution in [1.82, 2.24) is 10.3 Å². The third kappa shape index (κ3) is 4.43. The normalized spacial score (nSPS) is 10.8. The van der Waals surface area contributed by atoms with Crippen LogP contribution in [0.15, 0.2) is 35.7 Å². The van der Waals surface area contributed by atoms with Gasteiger partial charge in [0.1, 0.15) is 0 Å². The highest BCUT2D eigenvalue weighted by Crippen LogP contribution is 2.24. The lowest BCUT2D eigenvalue weighted by atomic mass is 10.2. The van der Waals surface area contributed by atoms with Crippen molar-refractivity contribution in [2.45, 2.75) is 13.8 Å². The number of hydrogen-bond donors (Lipinski definition) is 2. The minimum Gasteiger partial charge on any atom is -0.308 e. The molecule has 106 valence electrons. The van der Waals surface area contributed by atoms with Crippen molar-refractivity contribution in [2.75, 3.05) is 18.4 Å². The quantitative estimate of drug-likeness (QED) is 0.859. The van der Waals surface area contributed by atoms with Crippen LogP contribution in [0.2, 0.25) is 0 Å². The van der Waals surface area contributed by atoms with Crippen LogP contribution in [0, 0.1) is 5.92 Å². The van der Waals surface area contributed by atoms with E-state index in [1.165, 1.54) is 11.3 Å². The van der Waals surface area contributed by atoms with E-state index in [9.17, 15) is 4.79 Å². The van der Waals surface area contributed by atoms with Gasteiger partial charge in [0.2, 0.25) is 5.91 Å². The molecular formula is C15H19N3OS. The Kier molecular flexibility index (Phi) is 5.26.